The molecule has 0 spiro atoms. The molecule has 0 aliphatic carbocycles. The fraction of sp³-hybridized carbons (Fsp3) is 0.909. The van der Waals surface area contributed by atoms with Crippen molar-refractivity contribution in [3.05, 3.63) is 0 Å². The van der Waals surface area contributed by atoms with Crippen LogP contribution >= 0.6 is 35.9 Å². The molecule has 2 aliphatic rings. The second-order valence-electron chi connectivity index (χ2n) is 4.71. The predicted molar refractivity (Wildman–Crippen MR) is 79.2 cm³/mol. The molecular weight excluding hydrogens is 276 g/mol. The van der Waals surface area contributed by atoms with Crippen LogP contribution < -0.4 is 5.32 Å². The maximum Gasteiger partial charge on any atom is 0.240 e. The molecule has 2 rings (SSSR count). The van der Waals surface area contributed by atoms with Gasteiger partial charge in [0, 0.05) is 35.7 Å². The predicted octanol–water partition coefficient (Wildman–Crippen LogP) is 1.67. The van der Waals surface area contributed by atoms with E-state index in [1.54, 1.807) is 0 Å². The first-order valence-corrected chi connectivity index (χ1v) is 8.10. The second kappa shape index (κ2) is 7.12. The molecule has 0 bridgehead atoms. The highest BCUT2D eigenvalue weighted by Gasteiger charge is 2.31. The Morgan fingerprint density at radius 3 is 2.82 bits per heavy atom. The number of nitrogens with one attached hydrogen (secondary N) is 1. The number of halogens is 1. The van der Waals surface area contributed by atoms with Gasteiger partial charge in [-0.05, 0) is 5.92 Å². The van der Waals surface area contributed by atoms with Gasteiger partial charge in [0.25, 0.3) is 0 Å². The lowest BCUT2D eigenvalue weighted by molar-refractivity contribution is -0.132. The highest BCUT2D eigenvalue weighted by molar-refractivity contribution is 8.00. The first-order chi connectivity index (χ1) is 7.68. The van der Waals surface area contributed by atoms with Gasteiger partial charge in [-0.25, -0.2) is 0 Å². The summed E-state index contributed by atoms with van der Waals surface area (Å²) in [5.74, 6) is 3.93. The molecule has 0 aromatic carbocycles. The quantitative estimate of drug-likeness (QED) is 0.840. The van der Waals surface area contributed by atoms with Crippen molar-refractivity contribution in [3.8, 4) is 0 Å². The van der Waals surface area contributed by atoms with E-state index in [4.69, 9.17) is 0 Å². The van der Waals surface area contributed by atoms with E-state index >= 15 is 0 Å². The van der Waals surface area contributed by atoms with Crippen molar-refractivity contribution in [2.75, 3.05) is 30.5 Å². The second-order valence-corrected chi connectivity index (χ2v) is 7.09. The van der Waals surface area contributed by atoms with Crippen molar-refractivity contribution < 1.29 is 4.79 Å². The van der Waals surface area contributed by atoms with Gasteiger partial charge in [0.2, 0.25) is 5.91 Å². The standard InChI is InChI=1S/C11H20N2OS2.ClH/c1-8(2)10-5-13(3-4-16-10)11(14)9-6-15-7-12-9;/h8-10,12H,3-7H2,1-2H3;1H. The van der Waals surface area contributed by atoms with E-state index in [1.165, 1.54) is 0 Å². The van der Waals surface area contributed by atoms with E-state index in [2.05, 4.69) is 24.1 Å². The van der Waals surface area contributed by atoms with Gasteiger partial charge in [0.1, 0.15) is 0 Å². The van der Waals surface area contributed by atoms with E-state index in [0.29, 0.717) is 17.1 Å². The highest BCUT2D eigenvalue weighted by Crippen LogP contribution is 2.25. The first-order valence-electron chi connectivity index (χ1n) is 5.90. The summed E-state index contributed by atoms with van der Waals surface area (Å²) >= 11 is 3.83. The Hall–Kier alpha value is 0.420. The number of thioether (sulfide) groups is 2. The van der Waals surface area contributed by atoms with Gasteiger partial charge in [0.15, 0.2) is 0 Å². The van der Waals surface area contributed by atoms with Gasteiger partial charge in [-0.3, -0.25) is 10.1 Å². The molecule has 2 aliphatic heterocycles. The lowest BCUT2D eigenvalue weighted by Crippen LogP contribution is -2.50. The van der Waals surface area contributed by atoms with Gasteiger partial charge in [-0.2, -0.15) is 11.8 Å². The molecule has 2 unspecified atom stereocenters. The van der Waals surface area contributed by atoms with Gasteiger partial charge in [0.05, 0.1) is 6.04 Å². The average Bonchev–Trinajstić information content (AvgIpc) is 2.81. The molecule has 1 amide bonds. The van der Waals surface area contributed by atoms with Crippen LogP contribution in [0.15, 0.2) is 0 Å². The smallest absolute Gasteiger partial charge is 0.240 e. The molecule has 2 heterocycles. The van der Waals surface area contributed by atoms with Crippen molar-refractivity contribution >= 4 is 41.8 Å². The van der Waals surface area contributed by atoms with Gasteiger partial charge >= 0.3 is 0 Å². The highest BCUT2D eigenvalue weighted by atomic mass is 35.5. The van der Waals surface area contributed by atoms with Crippen molar-refractivity contribution in [1.82, 2.24) is 10.2 Å². The molecule has 0 aromatic rings. The molecule has 100 valence electrons. The van der Waals surface area contributed by atoms with Crippen LogP contribution in [-0.4, -0.2) is 52.6 Å². The summed E-state index contributed by atoms with van der Waals surface area (Å²) in [5.41, 5.74) is 0. The number of hydrogen-bond acceptors (Lipinski definition) is 4. The molecular formula is C11H21ClN2OS2. The minimum absolute atomic E-state index is 0. The molecule has 1 N–H and O–H groups in total. The minimum Gasteiger partial charge on any atom is -0.339 e. The van der Waals surface area contributed by atoms with E-state index < -0.39 is 0 Å². The fourth-order valence-corrected chi connectivity index (χ4v) is 4.28. The monoisotopic (exact) mass is 296 g/mol. The third-order valence-corrected chi connectivity index (χ3v) is 5.64. The van der Waals surface area contributed by atoms with Crippen LogP contribution in [0.2, 0.25) is 0 Å². The summed E-state index contributed by atoms with van der Waals surface area (Å²) in [5, 5.41) is 3.88. The Morgan fingerprint density at radius 1 is 1.47 bits per heavy atom. The SMILES string of the molecule is CC(C)C1CN(C(=O)C2CSCN2)CCS1.Cl. The molecule has 0 radical (unpaired) electrons. The van der Waals surface area contributed by atoms with Crippen LogP contribution in [-0.2, 0) is 4.79 Å². The maximum atomic E-state index is 12.2. The zero-order chi connectivity index (χ0) is 11.5. The summed E-state index contributed by atoms with van der Waals surface area (Å²) in [7, 11) is 0. The number of amides is 1. The summed E-state index contributed by atoms with van der Waals surface area (Å²) in [6, 6.07) is 0.0703. The topological polar surface area (TPSA) is 32.3 Å². The van der Waals surface area contributed by atoms with E-state index in [9.17, 15) is 4.79 Å². The number of carbonyl (C=O) groups excluding carboxylic acids is 1. The summed E-state index contributed by atoms with van der Waals surface area (Å²) in [4.78, 5) is 14.3. The van der Waals surface area contributed by atoms with E-state index in [0.717, 1.165) is 30.5 Å². The molecule has 0 saturated carbocycles. The van der Waals surface area contributed by atoms with Gasteiger partial charge in [-0.15, -0.1) is 24.2 Å². The largest absolute Gasteiger partial charge is 0.339 e. The summed E-state index contributed by atoms with van der Waals surface area (Å²) in [6.45, 7) is 6.35. The van der Waals surface area contributed by atoms with Crippen LogP contribution in [0.25, 0.3) is 0 Å². The van der Waals surface area contributed by atoms with Gasteiger partial charge in [-0.1, -0.05) is 13.8 Å². The fourth-order valence-electron chi connectivity index (χ4n) is 2.05. The molecule has 6 heteroatoms. The Balaban J connectivity index is 0.00000144. The minimum atomic E-state index is 0. The Kier molecular flexibility index (Phi) is 6.48. The number of carbonyl (C=O) groups is 1. The van der Waals surface area contributed by atoms with E-state index in [-0.39, 0.29) is 18.4 Å². The van der Waals surface area contributed by atoms with E-state index in [1.807, 2.05) is 23.5 Å². The lowest BCUT2D eigenvalue weighted by atomic mass is 10.1. The molecule has 17 heavy (non-hydrogen) atoms. The third-order valence-electron chi connectivity index (χ3n) is 3.16. The zero-order valence-electron chi connectivity index (χ0n) is 10.3. The van der Waals surface area contributed by atoms with Crippen LogP contribution in [0.1, 0.15) is 13.8 Å². The van der Waals surface area contributed by atoms with Gasteiger partial charge < -0.3 is 4.90 Å². The first kappa shape index (κ1) is 15.5. The maximum absolute atomic E-state index is 12.2. The lowest BCUT2D eigenvalue weighted by Gasteiger charge is -2.35. The summed E-state index contributed by atoms with van der Waals surface area (Å²) in [6.07, 6.45) is 0. The third kappa shape index (κ3) is 3.94. The zero-order valence-corrected chi connectivity index (χ0v) is 12.8. The Morgan fingerprint density at radius 2 is 2.24 bits per heavy atom. The van der Waals surface area contributed by atoms with Crippen molar-refractivity contribution in [2.45, 2.75) is 25.1 Å². The average molecular weight is 297 g/mol. The van der Waals surface area contributed by atoms with Crippen molar-refractivity contribution in [2.24, 2.45) is 5.92 Å². The molecule has 2 saturated heterocycles. The Labute approximate surface area is 118 Å². The molecule has 2 atom stereocenters. The van der Waals surface area contributed by atoms with Crippen molar-refractivity contribution in [1.29, 1.82) is 0 Å². The van der Waals surface area contributed by atoms with Crippen LogP contribution in [0.4, 0.5) is 0 Å². The Bertz CT molecular complexity index is 260. The molecule has 3 nitrogen and oxygen atoms in total. The van der Waals surface area contributed by atoms with Crippen LogP contribution in [0, 0.1) is 5.92 Å². The normalized spacial score (nSPS) is 29.2. The van der Waals surface area contributed by atoms with Crippen LogP contribution in [0.5, 0.6) is 0 Å². The van der Waals surface area contributed by atoms with Crippen LogP contribution in [0.3, 0.4) is 0 Å². The molecule has 2 fully saturated rings. The number of nitrogens with zero attached hydrogens (tertiary/aromatic N) is 1. The number of rotatable bonds is 2. The summed E-state index contributed by atoms with van der Waals surface area (Å²) < 4.78 is 0. The number of hydrogen-bond donors (Lipinski definition) is 1. The molecule has 0 aromatic heterocycles. The van der Waals surface area contributed by atoms with Crippen molar-refractivity contribution in [3.63, 3.8) is 0 Å².